The maximum atomic E-state index is 12.5. The first kappa shape index (κ1) is 16.2. The van der Waals surface area contributed by atoms with Crippen molar-refractivity contribution in [2.24, 2.45) is 0 Å². The number of rotatable bonds is 4. The van der Waals surface area contributed by atoms with Gasteiger partial charge in [0.15, 0.2) is 0 Å². The van der Waals surface area contributed by atoms with Gasteiger partial charge in [0.25, 0.3) is 5.91 Å². The molecule has 0 bridgehead atoms. The van der Waals surface area contributed by atoms with E-state index in [1.807, 2.05) is 0 Å². The fourth-order valence-corrected chi connectivity index (χ4v) is 3.49. The SMILES string of the molecule is CC(=O)CNC(=O)c1nc(C2CCOCC2)n2c1CCCCC2. The molecule has 2 aliphatic heterocycles. The number of hydrogen-bond acceptors (Lipinski definition) is 4. The molecular formula is C17H25N3O3. The Labute approximate surface area is 136 Å². The lowest BCUT2D eigenvalue weighted by Crippen LogP contribution is -2.29. The number of carbonyl (C=O) groups is 2. The molecule has 1 amide bonds. The molecule has 3 heterocycles. The van der Waals surface area contributed by atoms with Gasteiger partial charge in [0.1, 0.15) is 17.3 Å². The number of hydrogen-bond donors (Lipinski definition) is 1. The summed E-state index contributed by atoms with van der Waals surface area (Å²) in [4.78, 5) is 28.3. The lowest BCUT2D eigenvalue weighted by molar-refractivity contribution is -0.116. The fraction of sp³-hybridized carbons (Fsp3) is 0.706. The number of amides is 1. The van der Waals surface area contributed by atoms with Crippen molar-refractivity contribution in [1.29, 1.82) is 0 Å². The highest BCUT2D eigenvalue weighted by molar-refractivity contribution is 5.96. The molecule has 23 heavy (non-hydrogen) atoms. The zero-order valence-corrected chi connectivity index (χ0v) is 13.8. The van der Waals surface area contributed by atoms with Gasteiger partial charge in [-0.15, -0.1) is 0 Å². The molecule has 6 heteroatoms. The number of Topliss-reactive ketones (excluding diaryl/α,β-unsaturated/α-hetero) is 1. The first-order valence-corrected chi connectivity index (χ1v) is 8.61. The summed E-state index contributed by atoms with van der Waals surface area (Å²) in [5.41, 5.74) is 1.57. The van der Waals surface area contributed by atoms with Crippen LogP contribution in [-0.4, -0.2) is 41.0 Å². The van der Waals surface area contributed by atoms with E-state index in [1.54, 1.807) is 0 Å². The number of ketones is 1. The van der Waals surface area contributed by atoms with Crippen molar-refractivity contribution in [3.8, 4) is 0 Å². The Morgan fingerprint density at radius 3 is 2.78 bits per heavy atom. The van der Waals surface area contributed by atoms with E-state index in [4.69, 9.17) is 9.72 Å². The maximum Gasteiger partial charge on any atom is 0.272 e. The summed E-state index contributed by atoms with van der Waals surface area (Å²) >= 11 is 0. The highest BCUT2D eigenvalue weighted by Crippen LogP contribution is 2.30. The van der Waals surface area contributed by atoms with Crippen LogP contribution in [0.4, 0.5) is 0 Å². The molecule has 1 fully saturated rings. The number of ether oxygens (including phenoxy) is 1. The van der Waals surface area contributed by atoms with Gasteiger partial charge in [-0.1, -0.05) is 6.42 Å². The van der Waals surface area contributed by atoms with Crippen LogP contribution in [0.25, 0.3) is 0 Å². The van der Waals surface area contributed by atoms with Gasteiger partial charge in [0.2, 0.25) is 0 Å². The maximum absolute atomic E-state index is 12.5. The summed E-state index contributed by atoms with van der Waals surface area (Å²) in [5, 5.41) is 2.70. The van der Waals surface area contributed by atoms with E-state index >= 15 is 0 Å². The van der Waals surface area contributed by atoms with Crippen LogP contribution in [0.3, 0.4) is 0 Å². The van der Waals surface area contributed by atoms with Crippen LogP contribution in [0.2, 0.25) is 0 Å². The minimum atomic E-state index is -0.218. The van der Waals surface area contributed by atoms with Gasteiger partial charge < -0.3 is 14.6 Å². The molecule has 0 radical (unpaired) electrons. The van der Waals surface area contributed by atoms with Crippen LogP contribution in [0.5, 0.6) is 0 Å². The van der Waals surface area contributed by atoms with Crippen molar-refractivity contribution in [1.82, 2.24) is 14.9 Å². The summed E-state index contributed by atoms with van der Waals surface area (Å²) in [6.45, 7) is 4.01. The summed E-state index contributed by atoms with van der Waals surface area (Å²) in [6, 6.07) is 0. The minimum absolute atomic E-state index is 0.0479. The fourth-order valence-electron chi connectivity index (χ4n) is 3.49. The largest absolute Gasteiger partial charge is 0.381 e. The molecule has 1 N–H and O–H groups in total. The van der Waals surface area contributed by atoms with Crippen molar-refractivity contribution < 1.29 is 14.3 Å². The van der Waals surface area contributed by atoms with Crippen molar-refractivity contribution in [3.05, 3.63) is 17.2 Å². The Kier molecular flexibility index (Phi) is 5.10. The lowest BCUT2D eigenvalue weighted by Gasteiger charge is -2.22. The second-order valence-electron chi connectivity index (χ2n) is 6.50. The quantitative estimate of drug-likeness (QED) is 0.919. The van der Waals surface area contributed by atoms with Gasteiger partial charge >= 0.3 is 0 Å². The molecule has 126 valence electrons. The molecule has 0 spiro atoms. The molecule has 0 aromatic carbocycles. The second kappa shape index (κ2) is 7.25. The molecule has 0 atom stereocenters. The first-order valence-electron chi connectivity index (χ1n) is 8.61. The Morgan fingerprint density at radius 1 is 1.26 bits per heavy atom. The van der Waals surface area contributed by atoms with E-state index in [-0.39, 0.29) is 18.2 Å². The Hall–Kier alpha value is -1.69. The van der Waals surface area contributed by atoms with E-state index in [2.05, 4.69) is 9.88 Å². The van der Waals surface area contributed by atoms with E-state index in [1.165, 1.54) is 13.3 Å². The van der Waals surface area contributed by atoms with E-state index in [9.17, 15) is 9.59 Å². The molecule has 0 saturated carbocycles. The van der Waals surface area contributed by atoms with Crippen LogP contribution >= 0.6 is 0 Å². The standard InChI is InChI=1S/C17H25N3O3/c1-12(21)11-18-17(22)15-14-5-3-2-4-8-20(14)16(19-15)13-6-9-23-10-7-13/h13H,2-11H2,1H3,(H,18,22). The molecule has 6 nitrogen and oxygen atoms in total. The summed E-state index contributed by atoms with van der Waals surface area (Å²) in [6.07, 6.45) is 6.22. The highest BCUT2D eigenvalue weighted by atomic mass is 16.5. The molecular weight excluding hydrogens is 294 g/mol. The van der Waals surface area contributed by atoms with E-state index in [0.29, 0.717) is 11.6 Å². The number of carbonyl (C=O) groups excluding carboxylic acids is 2. The number of fused-ring (bicyclic) bond motifs is 1. The van der Waals surface area contributed by atoms with Gasteiger partial charge in [-0.05, 0) is 39.0 Å². The molecule has 0 unspecified atom stereocenters. The smallest absolute Gasteiger partial charge is 0.272 e. The third kappa shape index (κ3) is 3.63. The summed E-state index contributed by atoms with van der Waals surface area (Å²) in [5.74, 6) is 1.14. The zero-order valence-electron chi connectivity index (χ0n) is 13.8. The monoisotopic (exact) mass is 319 g/mol. The number of aromatic nitrogens is 2. The van der Waals surface area contributed by atoms with Gasteiger partial charge in [0, 0.05) is 25.7 Å². The average molecular weight is 319 g/mol. The van der Waals surface area contributed by atoms with Crippen molar-refractivity contribution in [3.63, 3.8) is 0 Å². The zero-order chi connectivity index (χ0) is 16.2. The van der Waals surface area contributed by atoms with Crippen molar-refractivity contribution >= 4 is 11.7 Å². The third-order valence-electron chi connectivity index (χ3n) is 4.70. The molecule has 0 aliphatic carbocycles. The third-order valence-corrected chi connectivity index (χ3v) is 4.70. The molecule has 1 aromatic rings. The van der Waals surface area contributed by atoms with Gasteiger partial charge in [-0.3, -0.25) is 9.59 Å². The predicted molar refractivity (Wildman–Crippen MR) is 85.6 cm³/mol. The number of imidazole rings is 1. The van der Waals surface area contributed by atoms with Gasteiger partial charge in [0.05, 0.1) is 12.2 Å². The van der Waals surface area contributed by atoms with Gasteiger partial charge in [-0.2, -0.15) is 0 Å². The average Bonchev–Trinajstić information content (AvgIpc) is 2.75. The first-order chi connectivity index (χ1) is 11.2. The van der Waals surface area contributed by atoms with Crippen molar-refractivity contribution in [2.45, 2.75) is 57.9 Å². The normalized spacial score (nSPS) is 19.0. The van der Waals surface area contributed by atoms with Gasteiger partial charge in [-0.25, -0.2) is 4.98 Å². The Morgan fingerprint density at radius 2 is 2.04 bits per heavy atom. The number of nitrogens with one attached hydrogen (secondary N) is 1. The van der Waals surface area contributed by atoms with Crippen LogP contribution in [0, 0.1) is 0 Å². The van der Waals surface area contributed by atoms with Crippen LogP contribution in [0.15, 0.2) is 0 Å². The number of nitrogens with zero attached hydrogens (tertiary/aromatic N) is 2. The molecule has 3 rings (SSSR count). The van der Waals surface area contributed by atoms with Crippen LogP contribution in [0.1, 0.15) is 67.0 Å². The summed E-state index contributed by atoms with van der Waals surface area (Å²) in [7, 11) is 0. The topological polar surface area (TPSA) is 73.2 Å². The highest BCUT2D eigenvalue weighted by Gasteiger charge is 2.28. The molecule has 1 aromatic heterocycles. The van der Waals surface area contributed by atoms with Crippen LogP contribution in [-0.2, 0) is 22.5 Å². The molecule has 1 saturated heterocycles. The second-order valence-corrected chi connectivity index (χ2v) is 6.50. The Balaban J connectivity index is 1.90. The minimum Gasteiger partial charge on any atom is -0.381 e. The van der Waals surface area contributed by atoms with Crippen LogP contribution < -0.4 is 5.32 Å². The summed E-state index contributed by atoms with van der Waals surface area (Å²) < 4.78 is 7.72. The molecule has 2 aliphatic rings. The Bertz CT molecular complexity index is 588. The van der Waals surface area contributed by atoms with E-state index < -0.39 is 0 Å². The van der Waals surface area contributed by atoms with E-state index in [0.717, 1.165) is 63.4 Å². The lowest BCUT2D eigenvalue weighted by atomic mass is 9.99. The predicted octanol–water partition coefficient (Wildman–Crippen LogP) is 1.82. The van der Waals surface area contributed by atoms with Crippen molar-refractivity contribution in [2.75, 3.05) is 19.8 Å².